The van der Waals surface area contributed by atoms with Gasteiger partial charge in [-0.25, -0.2) is 14.8 Å². The molecule has 0 aromatic carbocycles. The average molecular weight is 255 g/mol. The lowest BCUT2D eigenvalue weighted by molar-refractivity contribution is 0.0694. The number of rotatable bonds is 4. The normalized spacial score (nSPS) is 14.3. The zero-order valence-corrected chi connectivity index (χ0v) is 10.3. The molecule has 1 fully saturated rings. The van der Waals surface area contributed by atoms with E-state index in [1.807, 2.05) is 12.1 Å². The molecule has 5 nitrogen and oxygen atoms in total. The fourth-order valence-corrected chi connectivity index (χ4v) is 2.03. The second kappa shape index (κ2) is 4.76. The molecule has 0 amide bonds. The van der Waals surface area contributed by atoms with Gasteiger partial charge in [-0.1, -0.05) is 0 Å². The lowest BCUT2D eigenvalue weighted by Gasteiger charge is -2.06. The predicted molar refractivity (Wildman–Crippen MR) is 68.0 cm³/mol. The fourth-order valence-electron chi connectivity index (χ4n) is 2.03. The molecule has 1 N–H and O–H groups in total. The fraction of sp³-hybridized carbons (Fsp3) is 0.286. The summed E-state index contributed by atoms with van der Waals surface area (Å²) in [4.78, 5) is 23.7. The van der Waals surface area contributed by atoms with Crippen molar-refractivity contribution >= 4 is 5.97 Å². The zero-order valence-electron chi connectivity index (χ0n) is 10.3. The molecule has 0 bridgehead atoms. The monoisotopic (exact) mass is 255 g/mol. The molecular formula is C14H13N3O2. The van der Waals surface area contributed by atoms with Gasteiger partial charge in [-0.3, -0.25) is 4.98 Å². The third-order valence-electron chi connectivity index (χ3n) is 3.17. The van der Waals surface area contributed by atoms with Gasteiger partial charge in [0, 0.05) is 30.9 Å². The summed E-state index contributed by atoms with van der Waals surface area (Å²) in [5, 5.41) is 9.13. The number of pyridine rings is 1. The number of aromatic carboxylic acids is 1. The van der Waals surface area contributed by atoms with E-state index >= 15 is 0 Å². The highest BCUT2D eigenvalue weighted by atomic mass is 16.4. The lowest BCUT2D eigenvalue weighted by atomic mass is 10.1. The van der Waals surface area contributed by atoms with Crippen LogP contribution in [0.3, 0.4) is 0 Å². The van der Waals surface area contributed by atoms with Crippen molar-refractivity contribution in [3.8, 4) is 0 Å². The molecule has 1 aliphatic rings. The SMILES string of the molecule is O=C(O)c1cnc(Cc2ccncc2)nc1C1CC1. The van der Waals surface area contributed by atoms with Crippen LogP contribution in [-0.2, 0) is 6.42 Å². The van der Waals surface area contributed by atoms with Crippen LogP contribution in [0.15, 0.2) is 30.7 Å². The topological polar surface area (TPSA) is 76.0 Å². The Morgan fingerprint density at radius 2 is 2.05 bits per heavy atom. The summed E-state index contributed by atoms with van der Waals surface area (Å²) in [6.45, 7) is 0. The van der Waals surface area contributed by atoms with Gasteiger partial charge >= 0.3 is 5.97 Å². The van der Waals surface area contributed by atoms with Crippen LogP contribution in [0.5, 0.6) is 0 Å². The average Bonchev–Trinajstić information content (AvgIpc) is 3.24. The van der Waals surface area contributed by atoms with E-state index in [1.54, 1.807) is 12.4 Å². The molecule has 0 atom stereocenters. The van der Waals surface area contributed by atoms with Crippen molar-refractivity contribution in [3.63, 3.8) is 0 Å². The second-order valence-electron chi connectivity index (χ2n) is 4.70. The van der Waals surface area contributed by atoms with Crippen LogP contribution < -0.4 is 0 Å². The molecule has 2 aromatic heterocycles. The van der Waals surface area contributed by atoms with Crippen molar-refractivity contribution in [2.75, 3.05) is 0 Å². The summed E-state index contributed by atoms with van der Waals surface area (Å²) in [5.74, 6) is 0.0146. The molecule has 0 aliphatic heterocycles. The van der Waals surface area contributed by atoms with E-state index in [4.69, 9.17) is 5.11 Å². The van der Waals surface area contributed by atoms with Gasteiger partial charge in [0.2, 0.25) is 0 Å². The number of aromatic nitrogens is 3. The Balaban J connectivity index is 1.91. The first-order chi connectivity index (χ1) is 9.24. The van der Waals surface area contributed by atoms with Crippen LogP contribution in [0.1, 0.15) is 46.2 Å². The van der Waals surface area contributed by atoms with Gasteiger partial charge in [0.05, 0.1) is 11.3 Å². The van der Waals surface area contributed by atoms with E-state index in [0.717, 1.165) is 18.4 Å². The molecule has 2 aromatic rings. The first-order valence-corrected chi connectivity index (χ1v) is 6.22. The maximum Gasteiger partial charge on any atom is 0.339 e. The molecule has 0 spiro atoms. The number of nitrogens with zero attached hydrogens (tertiary/aromatic N) is 3. The Kier molecular flexibility index (Phi) is 2.95. The number of carboxylic acid groups (broad SMARTS) is 1. The van der Waals surface area contributed by atoms with Crippen LogP contribution in [0.2, 0.25) is 0 Å². The zero-order chi connectivity index (χ0) is 13.2. The summed E-state index contributed by atoms with van der Waals surface area (Å²) in [6, 6.07) is 3.82. The molecule has 1 saturated carbocycles. The first-order valence-electron chi connectivity index (χ1n) is 6.22. The highest BCUT2D eigenvalue weighted by Gasteiger charge is 2.30. The van der Waals surface area contributed by atoms with Crippen LogP contribution in [0, 0.1) is 0 Å². The lowest BCUT2D eigenvalue weighted by Crippen LogP contribution is -2.08. The Morgan fingerprint density at radius 1 is 1.32 bits per heavy atom. The van der Waals surface area contributed by atoms with Gasteiger partial charge in [0.25, 0.3) is 0 Å². The minimum absolute atomic E-state index is 0.237. The first kappa shape index (κ1) is 11.8. The van der Waals surface area contributed by atoms with Gasteiger partial charge in [-0.15, -0.1) is 0 Å². The quantitative estimate of drug-likeness (QED) is 0.904. The van der Waals surface area contributed by atoms with Crippen molar-refractivity contribution in [1.82, 2.24) is 15.0 Å². The maximum absolute atomic E-state index is 11.1. The van der Waals surface area contributed by atoms with Crippen molar-refractivity contribution in [2.24, 2.45) is 0 Å². The van der Waals surface area contributed by atoms with Crippen LogP contribution in [0.25, 0.3) is 0 Å². The standard InChI is InChI=1S/C14H13N3O2/c18-14(19)11-8-16-12(17-13(11)10-1-2-10)7-9-3-5-15-6-4-9/h3-6,8,10H,1-2,7H2,(H,18,19). The maximum atomic E-state index is 11.1. The van der Waals surface area contributed by atoms with Crippen molar-refractivity contribution in [2.45, 2.75) is 25.2 Å². The Labute approximate surface area is 110 Å². The molecule has 0 unspecified atom stereocenters. The number of hydrogen-bond donors (Lipinski definition) is 1. The smallest absolute Gasteiger partial charge is 0.339 e. The van der Waals surface area contributed by atoms with Crippen molar-refractivity contribution in [3.05, 3.63) is 53.4 Å². The predicted octanol–water partition coefficient (Wildman–Crippen LogP) is 2.04. The van der Waals surface area contributed by atoms with E-state index in [0.29, 0.717) is 23.9 Å². The molecule has 3 rings (SSSR count). The van der Waals surface area contributed by atoms with Crippen molar-refractivity contribution in [1.29, 1.82) is 0 Å². The van der Waals surface area contributed by atoms with E-state index in [9.17, 15) is 4.79 Å². The van der Waals surface area contributed by atoms with Gasteiger partial charge in [0.1, 0.15) is 5.82 Å². The molecule has 1 aliphatic carbocycles. The van der Waals surface area contributed by atoms with Crippen LogP contribution in [0.4, 0.5) is 0 Å². The molecular weight excluding hydrogens is 242 g/mol. The minimum atomic E-state index is -0.947. The summed E-state index contributed by atoms with van der Waals surface area (Å²) in [6.07, 6.45) is 7.52. The van der Waals surface area contributed by atoms with E-state index in [-0.39, 0.29) is 5.56 Å². The molecule has 0 radical (unpaired) electrons. The summed E-state index contributed by atoms with van der Waals surface area (Å²) < 4.78 is 0. The number of carboxylic acids is 1. The van der Waals surface area contributed by atoms with Gasteiger partial charge in [0.15, 0.2) is 0 Å². The third-order valence-corrected chi connectivity index (χ3v) is 3.17. The van der Waals surface area contributed by atoms with E-state index in [2.05, 4.69) is 15.0 Å². The molecule has 5 heteroatoms. The minimum Gasteiger partial charge on any atom is -0.478 e. The van der Waals surface area contributed by atoms with E-state index in [1.165, 1.54) is 6.20 Å². The molecule has 96 valence electrons. The van der Waals surface area contributed by atoms with Crippen LogP contribution in [-0.4, -0.2) is 26.0 Å². The van der Waals surface area contributed by atoms with E-state index < -0.39 is 5.97 Å². The molecule has 2 heterocycles. The highest BCUT2D eigenvalue weighted by Crippen LogP contribution is 2.40. The van der Waals surface area contributed by atoms with Crippen molar-refractivity contribution < 1.29 is 9.90 Å². The Morgan fingerprint density at radius 3 is 2.68 bits per heavy atom. The number of hydrogen-bond acceptors (Lipinski definition) is 4. The highest BCUT2D eigenvalue weighted by molar-refractivity contribution is 5.88. The second-order valence-corrected chi connectivity index (χ2v) is 4.70. The summed E-state index contributed by atoms with van der Waals surface area (Å²) in [7, 11) is 0. The largest absolute Gasteiger partial charge is 0.478 e. The summed E-state index contributed by atoms with van der Waals surface area (Å²) >= 11 is 0. The van der Waals surface area contributed by atoms with Gasteiger partial charge in [-0.2, -0.15) is 0 Å². The summed E-state index contributed by atoms with van der Waals surface area (Å²) in [5.41, 5.74) is 1.99. The Bertz CT molecular complexity index is 609. The number of carbonyl (C=O) groups is 1. The van der Waals surface area contributed by atoms with Gasteiger partial charge < -0.3 is 5.11 Å². The third kappa shape index (κ3) is 2.59. The molecule has 0 saturated heterocycles. The Hall–Kier alpha value is -2.30. The van der Waals surface area contributed by atoms with Crippen LogP contribution >= 0.6 is 0 Å². The van der Waals surface area contributed by atoms with Gasteiger partial charge in [-0.05, 0) is 30.5 Å². The molecule has 19 heavy (non-hydrogen) atoms.